The number of hydrogen-bond acceptors (Lipinski definition) is 4. The number of para-hydroxylation sites is 1. The van der Waals surface area contributed by atoms with E-state index in [1.54, 1.807) is 6.08 Å². The summed E-state index contributed by atoms with van der Waals surface area (Å²) >= 11 is 0. The van der Waals surface area contributed by atoms with Crippen LogP contribution in [0.4, 0.5) is 0 Å². The fraction of sp³-hybridized carbons (Fsp3) is 0.0476. The van der Waals surface area contributed by atoms with Crippen LogP contribution in [0.25, 0.3) is 44.7 Å². The minimum absolute atomic E-state index is 0.151. The maximum Gasteiger partial charge on any atom is 0.137 e. The molecule has 5 nitrogen and oxygen atoms in total. The van der Waals surface area contributed by atoms with Gasteiger partial charge in [-0.1, -0.05) is 122 Å². The van der Waals surface area contributed by atoms with Crippen molar-refractivity contribution in [2.45, 2.75) is 12.5 Å². The van der Waals surface area contributed by atoms with Crippen LogP contribution in [0.5, 0.6) is 0 Å². The molecule has 1 aliphatic rings. The Kier molecular flexibility index (Phi) is 8.18. The van der Waals surface area contributed by atoms with Crippen LogP contribution >= 0.6 is 0 Å². The van der Waals surface area contributed by atoms with Crippen molar-refractivity contribution < 1.29 is 0 Å². The Hall–Kier alpha value is -6.20. The zero-order chi connectivity index (χ0) is 32.2. The lowest BCUT2D eigenvalue weighted by molar-refractivity contribution is 0.685. The lowest BCUT2D eigenvalue weighted by atomic mass is 9.97. The number of nitrogens with two attached hydrogens (primary N) is 1. The number of pyridine rings is 1. The van der Waals surface area contributed by atoms with Gasteiger partial charge >= 0.3 is 0 Å². The van der Waals surface area contributed by atoms with Crippen molar-refractivity contribution in [2.75, 3.05) is 0 Å². The quantitative estimate of drug-likeness (QED) is 0.113. The molecule has 47 heavy (non-hydrogen) atoms. The molecule has 5 heteroatoms. The Morgan fingerprint density at radius 2 is 1.66 bits per heavy atom. The number of rotatable bonds is 9. The standard InChI is InChI=1S/C42H35N5/c1-2-40-35(28-43)34-16-6-8-22-41(34)47(40)42-23-11-21-39(46-42)38-20-10-19-37(45-38)36(44)18-7-3-12-29-24-26-31(27-25-29)33-17-9-14-30-13-4-5-15-32(30)33/h2-11,13-28,38,43,45H,1,12,44H2/b7-3-,36-18-,43-28?. The van der Waals surface area contributed by atoms with Crippen molar-refractivity contribution in [3.05, 3.63) is 186 Å². The van der Waals surface area contributed by atoms with E-state index in [1.807, 2.05) is 66.8 Å². The number of dihydropyridines is 1. The van der Waals surface area contributed by atoms with Crippen molar-refractivity contribution in [2.24, 2.45) is 5.73 Å². The molecule has 0 fully saturated rings. The van der Waals surface area contributed by atoms with Crippen LogP contribution in [0.3, 0.4) is 0 Å². The Labute approximate surface area is 274 Å². The van der Waals surface area contributed by atoms with E-state index < -0.39 is 0 Å². The monoisotopic (exact) mass is 609 g/mol. The summed E-state index contributed by atoms with van der Waals surface area (Å²) in [6, 6.07) is 37.6. The summed E-state index contributed by atoms with van der Waals surface area (Å²) in [5, 5.41) is 15.1. The van der Waals surface area contributed by atoms with E-state index in [2.05, 4.69) is 95.3 Å². The molecule has 4 N–H and O–H groups in total. The molecular formula is C42H35N5. The molecule has 228 valence electrons. The Morgan fingerprint density at radius 1 is 0.894 bits per heavy atom. The predicted molar refractivity (Wildman–Crippen MR) is 197 cm³/mol. The van der Waals surface area contributed by atoms with E-state index in [1.165, 1.54) is 33.7 Å². The molecule has 0 saturated heterocycles. The maximum absolute atomic E-state index is 8.02. The average molecular weight is 610 g/mol. The molecule has 3 heterocycles. The van der Waals surface area contributed by atoms with Crippen LogP contribution in [0.1, 0.15) is 28.6 Å². The predicted octanol–water partition coefficient (Wildman–Crippen LogP) is 9.21. The lowest BCUT2D eigenvalue weighted by Gasteiger charge is -2.22. The smallest absolute Gasteiger partial charge is 0.137 e. The Bertz CT molecular complexity index is 2240. The average Bonchev–Trinajstić information content (AvgIpc) is 3.47. The van der Waals surface area contributed by atoms with E-state index in [0.717, 1.165) is 45.8 Å². The second-order valence-electron chi connectivity index (χ2n) is 11.5. The molecule has 0 bridgehead atoms. The number of nitrogens with zero attached hydrogens (tertiary/aromatic N) is 2. The van der Waals surface area contributed by atoms with Gasteiger partial charge in [0.2, 0.25) is 0 Å². The largest absolute Gasteiger partial charge is 0.397 e. The van der Waals surface area contributed by atoms with Crippen molar-refractivity contribution in [3.63, 3.8) is 0 Å². The topological polar surface area (TPSA) is 79.7 Å². The van der Waals surface area contributed by atoms with Crippen LogP contribution < -0.4 is 11.1 Å². The van der Waals surface area contributed by atoms with Gasteiger partial charge in [-0.05, 0) is 70.3 Å². The first-order valence-electron chi connectivity index (χ1n) is 15.7. The minimum Gasteiger partial charge on any atom is -0.397 e. The summed E-state index contributed by atoms with van der Waals surface area (Å²) in [6.45, 7) is 4.03. The van der Waals surface area contributed by atoms with E-state index in [4.69, 9.17) is 16.1 Å². The second kappa shape index (κ2) is 13.0. The van der Waals surface area contributed by atoms with Gasteiger partial charge < -0.3 is 16.5 Å². The molecule has 0 amide bonds. The molecule has 0 spiro atoms. The van der Waals surface area contributed by atoms with Crippen LogP contribution in [-0.2, 0) is 6.42 Å². The molecule has 7 rings (SSSR count). The Morgan fingerprint density at radius 3 is 2.49 bits per heavy atom. The highest BCUT2D eigenvalue weighted by molar-refractivity contribution is 6.03. The van der Waals surface area contributed by atoms with E-state index in [-0.39, 0.29) is 6.04 Å². The number of benzene rings is 4. The van der Waals surface area contributed by atoms with Gasteiger partial charge in [-0.2, -0.15) is 0 Å². The van der Waals surface area contributed by atoms with Gasteiger partial charge in [0.1, 0.15) is 5.82 Å². The molecule has 0 saturated carbocycles. The van der Waals surface area contributed by atoms with E-state index in [9.17, 15) is 0 Å². The van der Waals surface area contributed by atoms with Crippen LogP contribution in [0.2, 0.25) is 0 Å². The summed E-state index contributed by atoms with van der Waals surface area (Å²) in [5.41, 5.74) is 15.3. The fourth-order valence-electron chi connectivity index (χ4n) is 6.26. The zero-order valence-electron chi connectivity index (χ0n) is 26.0. The zero-order valence-corrected chi connectivity index (χ0v) is 26.0. The number of allylic oxidation sites excluding steroid dienone is 5. The third-order valence-electron chi connectivity index (χ3n) is 8.60. The van der Waals surface area contributed by atoms with Gasteiger partial charge in [-0.25, -0.2) is 4.98 Å². The third-order valence-corrected chi connectivity index (χ3v) is 8.60. The first-order valence-corrected chi connectivity index (χ1v) is 15.7. The highest BCUT2D eigenvalue weighted by Gasteiger charge is 2.19. The number of fused-ring (bicyclic) bond motifs is 2. The highest BCUT2D eigenvalue weighted by atomic mass is 15.1. The molecule has 1 atom stereocenters. The normalized spacial score (nSPS) is 14.8. The molecule has 0 radical (unpaired) electrons. The Balaban J connectivity index is 1.04. The second-order valence-corrected chi connectivity index (χ2v) is 11.5. The third kappa shape index (κ3) is 5.83. The molecule has 2 aromatic heterocycles. The molecule has 6 aromatic rings. The van der Waals surface area contributed by atoms with Gasteiger partial charge in [0.15, 0.2) is 0 Å². The van der Waals surface area contributed by atoms with Gasteiger partial charge in [0.05, 0.1) is 34.3 Å². The SMILES string of the molecule is C=Cc1c(C=N)c2ccccc2n1-c1cccc(C2C=CC=C(/C(N)=C/C=C\Cc3ccc(-c4cccc5ccccc45)cc3)N2)n1. The lowest BCUT2D eigenvalue weighted by Crippen LogP contribution is -2.25. The summed E-state index contributed by atoms with van der Waals surface area (Å²) in [5.74, 6) is 0.768. The van der Waals surface area contributed by atoms with E-state index in [0.29, 0.717) is 5.70 Å². The van der Waals surface area contributed by atoms with Crippen LogP contribution in [0.15, 0.2) is 164 Å². The fourth-order valence-corrected chi connectivity index (χ4v) is 6.26. The first kappa shape index (κ1) is 29.5. The summed E-state index contributed by atoms with van der Waals surface area (Å²) < 4.78 is 2.06. The van der Waals surface area contributed by atoms with Gasteiger partial charge in [-0.3, -0.25) is 4.57 Å². The highest BCUT2D eigenvalue weighted by Crippen LogP contribution is 2.31. The summed E-state index contributed by atoms with van der Waals surface area (Å²) in [7, 11) is 0. The summed E-state index contributed by atoms with van der Waals surface area (Å²) in [4.78, 5) is 5.04. The minimum atomic E-state index is -0.151. The van der Waals surface area contributed by atoms with Gasteiger partial charge in [0.25, 0.3) is 0 Å². The van der Waals surface area contributed by atoms with Crippen molar-refractivity contribution in [1.29, 1.82) is 5.41 Å². The molecule has 4 aromatic carbocycles. The van der Waals surface area contributed by atoms with Crippen molar-refractivity contribution in [3.8, 4) is 16.9 Å². The van der Waals surface area contributed by atoms with E-state index >= 15 is 0 Å². The van der Waals surface area contributed by atoms with Crippen LogP contribution in [0, 0.1) is 5.41 Å². The molecule has 1 unspecified atom stereocenters. The maximum atomic E-state index is 8.02. The number of aromatic nitrogens is 2. The van der Waals surface area contributed by atoms with Crippen molar-refractivity contribution in [1.82, 2.24) is 14.9 Å². The number of hydrogen-bond donors (Lipinski definition) is 3. The first-order chi connectivity index (χ1) is 23.1. The summed E-state index contributed by atoms with van der Waals surface area (Å²) in [6.07, 6.45) is 16.1. The molecule has 0 aliphatic carbocycles. The number of nitrogens with one attached hydrogen (secondary N) is 2. The van der Waals surface area contributed by atoms with Crippen molar-refractivity contribution >= 4 is 34.0 Å². The molecular weight excluding hydrogens is 574 g/mol. The van der Waals surface area contributed by atoms with Gasteiger partial charge in [-0.15, -0.1) is 0 Å². The van der Waals surface area contributed by atoms with Gasteiger partial charge in [0, 0.05) is 17.2 Å². The molecule has 1 aliphatic heterocycles. The van der Waals surface area contributed by atoms with Crippen LogP contribution in [-0.4, -0.2) is 15.8 Å².